The van der Waals surface area contributed by atoms with Crippen LogP contribution >= 0.6 is 0 Å². The van der Waals surface area contributed by atoms with Gasteiger partial charge in [-0.2, -0.15) is 5.26 Å². The zero-order valence-electron chi connectivity index (χ0n) is 12.0. The molecule has 1 rings (SSSR count). The van der Waals surface area contributed by atoms with Crippen molar-refractivity contribution in [1.29, 1.82) is 5.26 Å². The van der Waals surface area contributed by atoms with E-state index in [9.17, 15) is 14.4 Å². The largest absolute Gasteiger partial charge is 0.345 e. The highest BCUT2D eigenvalue weighted by molar-refractivity contribution is 5.92. The van der Waals surface area contributed by atoms with Crippen molar-refractivity contribution in [2.45, 2.75) is 19.8 Å². The van der Waals surface area contributed by atoms with Gasteiger partial charge in [-0.1, -0.05) is 0 Å². The summed E-state index contributed by atoms with van der Waals surface area (Å²) in [7, 11) is 1.63. The Kier molecular flexibility index (Phi) is 5.97. The van der Waals surface area contributed by atoms with Crippen LogP contribution < -0.4 is 0 Å². The average molecular weight is 280 g/mol. The summed E-state index contributed by atoms with van der Waals surface area (Å²) >= 11 is 0. The van der Waals surface area contributed by atoms with E-state index in [2.05, 4.69) is 0 Å². The van der Waals surface area contributed by atoms with Crippen molar-refractivity contribution in [3.05, 3.63) is 0 Å². The Morgan fingerprint density at radius 1 is 1.30 bits per heavy atom. The molecule has 20 heavy (non-hydrogen) atoms. The molecule has 1 aliphatic heterocycles. The fourth-order valence-electron chi connectivity index (χ4n) is 1.96. The molecule has 1 aliphatic rings. The first-order valence-corrected chi connectivity index (χ1v) is 6.66. The van der Waals surface area contributed by atoms with Crippen LogP contribution in [0.3, 0.4) is 0 Å². The third-order valence-electron chi connectivity index (χ3n) is 3.32. The Morgan fingerprint density at radius 3 is 2.50 bits per heavy atom. The Hall–Kier alpha value is -2.10. The van der Waals surface area contributed by atoms with Crippen LogP contribution in [0.5, 0.6) is 0 Å². The average Bonchev–Trinajstić information content (AvgIpc) is 2.44. The molecule has 1 saturated heterocycles. The molecule has 0 aromatic heterocycles. The van der Waals surface area contributed by atoms with Crippen LogP contribution in [0.1, 0.15) is 19.8 Å². The minimum Gasteiger partial charge on any atom is -0.345 e. The number of nitriles is 1. The summed E-state index contributed by atoms with van der Waals surface area (Å²) < 4.78 is 0. The van der Waals surface area contributed by atoms with Gasteiger partial charge in [-0.25, -0.2) is 0 Å². The first-order chi connectivity index (χ1) is 9.49. The van der Waals surface area contributed by atoms with Crippen LogP contribution in [0.25, 0.3) is 0 Å². The molecule has 0 spiro atoms. The molecule has 0 aliphatic carbocycles. The van der Waals surface area contributed by atoms with Gasteiger partial charge < -0.3 is 14.7 Å². The topological polar surface area (TPSA) is 84.7 Å². The molecule has 0 atom stereocenters. The lowest BCUT2D eigenvalue weighted by Gasteiger charge is -2.33. The van der Waals surface area contributed by atoms with Crippen molar-refractivity contribution in [3.63, 3.8) is 0 Å². The van der Waals surface area contributed by atoms with Gasteiger partial charge in [0.1, 0.15) is 0 Å². The fourth-order valence-corrected chi connectivity index (χ4v) is 1.96. The van der Waals surface area contributed by atoms with E-state index in [4.69, 9.17) is 5.26 Å². The lowest BCUT2D eigenvalue weighted by Crippen LogP contribution is -2.54. The van der Waals surface area contributed by atoms with Gasteiger partial charge in [-0.3, -0.25) is 14.4 Å². The van der Waals surface area contributed by atoms with E-state index in [-0.39, 0.29) is 50.2 Å². The lowest BCUT2D eigenvalue weighted by molar-refractivity contribution is -0.150. The summed E-state index contributed by atoms with van der Waals surface area (Å²) in [5.74, 6) is -0.338. The molecule has 3 amide bonds. The van der Waals surface area contributed by atoms with E-state index in [0.717, 1.165) is 0 Å². The van der Waals surface area contributed by atoms with Crippen molar-refractivity contribution in [3.8, 4) is 6.07 Å². The van der Waals surface area contributed by atoms with Crippen LogP contribution in [0.4, 0.5) is 0 Å². The van der Waals surface area contributed by atoms with Gasteiger partial charge >= 0.3 is 0 Å². The van der Waals surface area contributed by atoms with Crippen LogP contribution in [0.15, 0.2) is 0 Å². The molecule has 0 saturated carbocycles. The van der Waals surface area contributed by atoms with Gasteiger partial charge in [0.25, 0.3) is 0 Å². The molecule has 0 radical (unpaired) electrons. The Bertz CT molecular complexity index is 430. The van der Waals surface area contributed by atoms with Crippen LogP contribution in [-0.2, 0) is 14.4 Å². The third kappa shape index (κ3) is 4.23. The van der Waals surface area contributed by atoms with Crippen LogP contribution in [0.2, 0.25) is 0 Å². The molecule has 0 aromatic carbocycles. The summed E-state index contributed by atoms with van der Waals surface area (Å²) in [6.45, 7) is 3.11. The predicted molar refractivity (Wildman–Crippen MR) is 71.3 cm³/mol. The smallest absolute Gasteiger partial charge is 0.242 e. The quantitative estimate of drug-likeness (QED) is 0.653. The molecule has 0 bridgehead atoms. The van der Waals surface area contributed by atoms with Crippen LogP contribution in [-0.4, -0.2) is 72.2 Å². The van der Waals surface area contributed by atoms with Gasteiger partial charge in [-0.15, -0.1) is 0 Å². The van der Waals surface area contributed by atoms with Gasteiger partial charge in [0.15, 0.2) is 0 Å². The van der Waals surface area contributed by atoms with Crippen molar-refractivity contribution in [1.82, 2.24) is 14.7 Å². The van der Waals surface area contributed by atoms with Gasteiger partial charge in [-0.05, 0) is 6.92 Å². The second-order valence-corrected chi connectivity index (χ2v) is 4.70. The first kappa shape index (κ1) is 16.0. The highest BCUT2D eigenvalue weighted by atomic mass is 16.2. The zero-order chi connectivity index (χ0) is 15.1. The fraction of sp³-hybridized carbons (Fsp3) is 0.692. The number of carbonyl (C=O) groups is 3. The number of piperazine rings is 1. The number of hydrogen-bond donors (Lipinski definition) is 0. The maximum atomic E-state index is 11.8. The van der Waals surface area contributed by atoms with Gasteiger partial charge in [0.05, 0.1) is 25.6 Å². The highest BCUT2D eigenvalue weighted by Crippen LogP contribution is 2.06. The summed E-state index contributed by atoms with van der Waals surface area (Å²) in [4.78, 5) is 39.7. The van der Waals surface area contributed by atoms with Crippen molar-refractivity contribution in [2.24, 2.45) is 0 Å². The Morgan fingerprint density at radius 2 is 1.90 bits per heavy atom. The van der Waals surface area contributed by atoms with E-state index < -0.39 is 0 Å². The first-order valence-electron chi connectivity index (χ1n) is 6.66. The molecular weight excluding hydrogens is 260 g/mol. The zero-order valence-corrected chi connectivity index (χ0v) is 12.0. The Labute approximate surface area is 118 Å². The van der Waals surface area contributed by atoms with Crippen molar-refractivity contribution >= 4 is 17.7 Å². The summed E-state index contributed by atoms with van der Waals surface area (Å²) in [5.41, 5.74) is 0. The summed E-state index contributed by atoms with van der Waals surface area (Å²) in [6, 6.07) is 1.97. The van der Waals surface area contributed by atoms with E-state index in [0.29, 0.717) is 13.1 Å². The second kappa shape index (κ2) is 7.48. The lowest BCUT2D eigenvalue weighted by atomic mass is 10.2. The number of nitrogens with zero attached hydrogens (tertiary/aromatic N) is 4. The Balaban J connectivity index is 2.42. The van der Waals surface area contributed by atoms with Crippen molar-refractivity contribution in [2.75, 3.05) is 39.8 Å². The second-order valence-electron chi connectivity index (χ2n) is 4.70. The van der Waals surface area contributed by atoms with E-state index in [1.165, 1.54) is 14.7 Å². The van der Waals surface area contributed by atoms with E-state index in [1.54, 1.807) is 7.05 Å². The molecule has 0 aromatic rings. The van der Waals surface area contributed by atoms with E-state index >= 15 is 0 Å². The summed E-state index contributed by atoms with van der Waals surface area (Å²) in [6.07, 6.45) is 0.460. The standard InChI is InChI=1S/C13H20N4O3/c1-3-16-9-13(20)17(10-12(16)19)8-5-11(18)15(2)7-4-6-14/h3-5,7-10H2,1-2H3. The third-order valence-corrected chi connectivity index (χ3v) is 3.32. The highest BCUT2D eigenvalue weighted by Gasteiger charge is 2.28. The molecule has 1 heterocycles. The number of hydrogen-bond acceptors (Lipinski definition) is 4. The SMILES string of the molecule is CCN1CC(=O)N(CCC(=O)N(C)CCC#N)CC1=O. The maximum absolute atomic E-state index is 11.8. The van der Waals surface area contributed by atoms with E-state index in [1.807, 2.05) is 13.0 Å². The maximum Gasteiger partial charge on any atom is 0.242 e. The molecule has 1 fully saturated rings. The van der Waals surface area contributed by atoms with Gasteiger partial charge in [0.2, 0.25) is 17.7 Å². The summed E-state index contributed by atoms with van der Waals surface area (Å²) in [5, 5.41) is 8.46. The molecule has 7 nitrogen and oxygen atoms in total. The molecule has 7 heteroatoms. The molecule has 0 unspecified atom stereocenters. The number of rotatable bonds is 6. The number of amides is 3. The number of likely N-dealkylation sites (N-methyl/N-ethyl adjacent to an activating group) is 1. The predicted octanol–water partition coefficient (Wildman–Crippen LogP) is -0.561. The van der Waals surface area contributed by atoms with Gasteiger partial charge in [0, 0.05) is 33.1 Å². The van der Waals surface area contributed by atoms with Crippen LogP contribution in [0, 0.1) is 11.3 Å². The molecular formula is C13H20N4O3. The molecule has 110 valence electrons. The number of carbonyl (C=O) groups excluding carboxylic acids is 3. The minimum absolute atomic E-state index is 0.0435. The normalized spacial score (nSPS) is 15.2. The van der Waals surface area contributed by atoms with Crippen molar-refractivity contribution < 1.29 is 14.4 Å². The minimum atomic E-state index is -0.126. The monoisotopic (exact) mass is 280 g/mol. The molecule has 0 N–H and O–H groups in total.